The van der Waals surface area contributed by atoms with Crippen molar-refractivity contribution in [2.75, 3.05) is 19.5 Å². The van der Waals surface area contributed by atoms with Gasteiger partial charge in [0.05, 0.1) is 25.1 Å². The number of hydrogen-bond donors (Lipinski definition) is 0. The number of rotatable bonds is 5. The standard InChI is InChI=1S/C12H13BrO4/c1-7-4-11(17-3)8(5-10(7)16-2)12(15)9(14)6-13/h4-5H,6H2,1-3H3. The summed E-state index contributed by atoms with van der Waals surface area (Å²) in [4.78, 5) is 23.2. The van der Waals surface area contributed by atoms with E-state index in [1.54, 1.807) is 6.07 Å². The molecule has 0 fully saturated rings. The number of ether oxygens (including phenoxy) is 2. The second-order valence-electron chi connectivity index (χ2n) is 3.41. The van der Waals surface area contributed by atoms with Crippen LogP contribution in [0.5, 0.6) is 11.5 Å². The van der Waals surface area contributed by atoms with Crippen LogP contribution in [-0.4, -0.2) is 31.1 Å². The van der Waals surface area contributed by atoms with Crippen molar-refractivity contribution in [3.05, 3.63) is 23.3 Å². The van der Waals surface area contributed by atoms with E-state index in [1.165, 1.54) is 20.3 Å². The number of carbonyl (C=O) groups excluding carboxylic acids is 2. The SMILES string of the molecule is COc1cc(C(=O)C(=O)CBr)c(OC)cc1C. The molecule has 0 aliphatic carbocycles. The van der Waals surface area contributed by atoms with Gasteiger partial charge in [-0.3, -0.25) is 9.59 Å². The van der Waals surface area contributed by atoms with E-state index in [4.69, 9.17) is 9.47 Å². The second kappa shape index (κ2) is 5.82. The molecule has 0 radical (unpaired) electrons. The molecule has 17 heavy (non-hydrogen) atoms. The first-order valence-electron chi connectivity index (χ1n) is 4.91. The van der Waals surface area contributed by atoms with Crippen LogP contribution in [0, 0.1) is 6.92 Å². The van der Waals surface area contributed by atoms with Gasteiger partial charge in [-0.15, -0.1) is 0 Å². The Hall–Kier alpha value is -1.36. The van der Waals surface area contributed by atoms with E-state index in [0.717, 1.165) is 5.56 Å². The van der Waals surface area contributed by atoms with Crippen molar-refractivity contribution < 1.29 is 19.1 Å². The largest absolute Gasteiger partial charge is 0.496 e. The molecule has 0 aliphatic heterocycles. The van der Waals surface area contributed by atoms with Crippen LogP contribution in [0.15, 0.2) is 12.1 Å². The fraction of sp³-hybridized carbons (Fsp3) is 0.333. The number of benzene rings is 1. The number of ketones is 2. The molecule has 1 rings (SSSR count). The maximum Gasteiger partial charge on any atom is 0.233 e. The molecular formula is C12H13BrO4. The second-order valence-corrected chi connectivity index (χ2v) is 3.97. The van der Waals surface area contributed by atoms with E-state index in [2.05, 4.69) is 15.9 Å². The predicted molar refractivity (Wildman–Crippen MR) is 67.4 cm³/mol. The molecule has 0 saturated carbocycles. The fourth-order valence-electron chi connectivity index (χ4n) is 1.44. The van der Waals surface area contributed by atoms with E-state index < -0.39 is 11.6 Å². The zero-order chi connectivity index (χ0) is 13.0. The lowest BCUT2D eigenvalue weighted by molar-refractivity contribution is -0.112. The van der Waals surface area contributed by atoms with Crippen molar-refractivity contribution in [2.45, 2.75) is 6.92 Å². The van der Waals surface area contributed by atoms with Gasteiger partial charge in [-0.05, 0) is 24.6 Å². The lowest BCUT2D eigenvalue weighted by atomic mass is 10.0. The minimum Gasteiger partial charge on any atom is -0.496 e. The Kier molecular flexibility index (Phi) is 4.69. The van der Waals surface area contributed by atoms with Crippen LogP contribution in [0.25, 0.3) is 0 Å². The van der Waals surface area contributed by atoms with Crippen LogP contribution in [-0.2, 0) is 4.79 Å². The van der Waals surface area contributed by atoms with Gasteiger partial charge in [0.1, 0.15) is 11.5 Å². The van der Waals surface area contributed by atoms with E-state index in [0.29, 0.717) is 11.5 Å². The smallest absolute Gasteiger partial charge is 0.233 e. The van der Waals surface area contributed by atoms with Gasteiger partial charge >= 0.3 is 0 Å². The first-order valence-corrected chi connectivity index (χ1v) is 6.03. The van der Waals surface area contributed by atoms with Gasteiger partial charge in [-0.25, -0.2) is 0 Å². The molecule has 0 aromatic heterocycles. The number of carbonyl (C=O) groups is 2. The summed E-state index contributed by atoms with van der Waals surface area (Å²) >= 11 is 2.97. The van der Waals surface area contributed by atoms with E-state index in [9.17, 15) is 9.59 Å². The summed E-state index contributed by atoms with van der Waals surface area (Å²) in [5.74, 6) is -0.176. The summed E-state index contributed by atoms with van der Waals surface area (Å²) in [7, 11) is 2.96. The summed E-state index contributed by atoms with van der Waals surface area (Å²) in [5, 5.41) is -0.00875. The Labute approximate surface area is 108 Å². The summed E-state index contributed by atoms with van der Waals surface area (Å²) in [6.45, 7) is 1.84. The Morgan fingerprint density at radius 3 is 2.24 bits per heavy atom. The summed E-state index contributed by atoms with van der Waals surface area (Å²) in [6.07, 6.45) is 0. The molecule has 0 bridgehead atoms. The molecule has 0 spiro atoms. The molecule has 1 aromatic carbocycles. The molecule has 0 atom stereocenters. The normalized spacial score (nSPS) is 9.88. The molecule has 0 N–H and O–H groups in total. The summed E-state index contributed by atoms with van der Waals surface area (Å²) in [5.41, 5.74) is 1.06. The van der Waals surface area contributed by atoms with Gasteiger partial charge in [-0.1, -0.05) is 15.9 Å². The molecule has 5 heteroatoms. The number of Topliss-reactive ketones (excluding diaryl/α,β-unsaturated/α-hetero) is 2. The molecule has 92 valence electrons. The van der Waals surface area contributed by atoms with Gasteiger partial charge in [0.2, 0.25) is 11.6 Å². The Morgan fingerprint density at radius 1 is 1.18 bits per heavy atom. The molecule has 0 saturated heterocycles. The number of methoxy groups -OCH3 is 2. The quantitative estimate of drug-likeness (QED) is 0.475. The molecule has 1 aromatic rings. The van der Waals surface area contributed by atoms with Gasteiger partial charge in [0.15, 0.2) is 0 Å². The zero-order valence-corrected chi connectivity index (χ0v) is 11.5. The van der Waals surface area contributed by atoms with Gasteiger partial charge in [-0.2, -0.15) is 0 Å². The maximum atomic E-state index is 11.8. The first kappa shape index (κ1) is 13.7. The van der Waals surface area contributed by atoms with Gasteiger partial charge < -0.3 is 9.47 Å². The van der Waals surface area contributed by atoms with E-state index in [-0.39, 0.29) is 10.9 Å². The number of aryl methyl sites for hydroxylation is 1. The van der Waals surface area contributed by atoms with Crippen molar-refractivity contribution in [1.29, 1.82) is 0 Å². The highest BCUT2D eigenvalue weighted by Crippen LogP contribution is 2.28. The Balaban J connectivity index is 3.30. The average Bonchev–Trinajstić information content (AvgIpc) is 2.36. The van der Waals surface area contributed by atoms with Crippen molar-refractivity contribution >= 4 is 27.5 Å². The minimum atomic E-state index is -0.586. The number of alkyl halides is 1. The highest BCUT2D eigenvalue weighted by atomic mass is 79.9. The van der Waals surface area contributed by atoms with Crippen LogP contribution in [0.1, 0.15) is 15.9 Å². The van der Waals surface area contributed by atoms with Crippen molar-refractivity contribution in [1.82, 2.24) is 0 Å². The van der Waals surface area contributed by atoms with Gasteiger partial charge in [0.25, 0.3) is 0 Å². The van der Waals surface area contributed by atoms with Crippen LogP contribution in [0.3, 0.4) is 0 Å². The lowest BCUT2D eigenvalue weighted by Crippen LogP contribution is -2.16. The lowest BCUT2D eigenvalue weighted by Gasteiger charge is -2.11. The first-order chi connectivity index (χ1) is 8.04. The number of hydrogen-bond acceptors (Lipinski definition) is 4. The predicted octanol–water partition coefficient (Wildman–Crippen LogP) is 2.16. The monoisotopic (exact) mass is 300 g/mol. The molecule has 0 unspecified atom stereocenters. The fourth-order valence-corrected chi connectivity index (χ4v) is 1.69. The molecule has 0 heterocycles. The highest BCUT2D eigenvalue weighted by Gasteiger charge is 2.21. The highest BCUT2D eigenvalue weighted by molar-refractivity contribution is 9.09. The van der Waals surface area contributed by atoms with Crippen LogP contribution < -0.4 is 9.47 Å². The van der Waals surface area contributed by atoms with E-state index in [1.807, 2.05) is 6.92 Å². The average molecular weight is 301 g/mol. The number of halogens is 1. The van der Waals surface area contributed by atoms with Crippen molar-refractivity contribution in [3.8, 4) is 11.5 Å². The molecule has 4 nitrogen and oxygen atoms in total. The van der Waals surface area contributed by atoms with E-state index >= 15 is 0 Å². The summed E-state index contributed by atoms with van der Waals surface area (Å²) < 4.78 is 10.2. The van der Waals surface area contributed by atoms with Crippen LogP contribution >= 0.6 is 15.9 Å². The van der Waals surface area contributed by atoms with Crippen LogP contribution in [0.2, 0.25) is 0 Å². The summed E-state index contributed by atoms with van der Waals surface area (Å²) in [6, 6.07) is 3.20. The minimum absolute atomic E-state index is 0.00875. The van der Waals surface area contributed by atoms with Crippen LogP contribution in [0.4, 0.5) is 0 Å². The third-order valence-electron chi connectivity index (χ3n) is 2.34. The van der Waals surface area contributed by atoms with Crippen molar-refractivity contribution in [2.24, 2.45) is 0 Å². The molecule has 0 aliphatic rings. The Morgan fingerprint density at radius 2 is 1.76 bits per heavy atom. The Bertz CT molecular complexity index is 454. The van der Waals surface area contributed by atoms with Crippen molar-refractivity contribution in [3.63, 3.8) is 0 Å². The maximum absolute atomic E-state index is 11.8. The third-order valence-corrected chi connectivity index (χ3v) is 2.85. The molecule has 0 amide bonds. The van der Waals surface area contributed by atoms with Gasteiger partial charge in [0, 0.05) is 0 Å². The third kappa shape index (κ3) is 2.85. The topological polar surface area (TPSA) is 52.6 Å². The molecular weight excluding hydrogens is 288 g/mol. The zero-order valence-electron chi connectivity index (χ0n) is 9.87.